The van der Waals surface area contributed by atoms with Crippen LogP contribution in [0.2, 0.25) is 5.02 Å². The zero-order chi connectivity index (χ0) is 24.3. The van der Waals surface area contributed by atoms with Crippen LogP contribution >= 0.6 is 11.6 Å². The van der Waals surface area contributed by atoms with Crippen molar-refractivity contribution >= 4 is 35.2 Å². The Labute approximate surface area is 201 Å². The summed E-state index contributed by atoms with van der Waals surface area (Å²) in [6, 6.07) is 5.49. The lowest BCUT2D eigenvalue weighted by molar-refractivity contribution is -0.137. The highest BCUT2D eigenvalue weighted by molar-refractivity contribution is 6.34. The largest absolute Gasteiger partial charge is 0.444 e. The van der Waals surface area contributed by atoms with E-state index < -0.39 is 5.60 Å². The molecule has 2 aliphatic heterocycles. The first-order valence-corrected chi connectivity index (χ1v) is 11.9. The molecule has 2 heterocycles. The maximum absolute atomic E-state index is 13.0. The molecule has 9 heteroatoms. The van der Waals surface area contributed by atoms with Crippen LogP contribution in [0.5, 0.6) is 0 Å². The van der Waals surface area contributed by atoms with E-state index in [1.807, 2.05) is 37.8 Å². The van der Waals surface area contributed by atoms with Crippen LogP contribution in [0.3, 0.4) is 0 Å². The van der Waals surface area contributed by atoms with Crippen molar-refractivity contribution in [3.63, 3.8) is 0 Å². The van der Waals surface area contributed by atoms with Crippen LogP contribution in [0.15, 0.2) is 18.2 Å². The smallest absolute Gasteiger partial charge is 0.410 e. The number of anilines is 1. The van der Waals surface area contributed by atoms with Crippen LogP contribution in [0.1, 0.15) is 44.0 Å². The van der Waals surface area contributed by atoms with E-state index in [0.717, 1.165) is 5.69 Å². The normalized spacial score (nSPS) is 17.7. The predicted octanol–water partition coefficient (Wildman–Crippen LogP) is 3.34. The number of benzene rings is 1. The molecular weight excluding hydrogens is 444 g/mol. The summed E-state index contributed by atoms with van der Waals surface area (Å²) in [6.45, 7) is 9.34. The molecule has 3 amide bonds. The van der Waals surface area contributed by atoms with Crippen molar-refractivity contribution in [3.8, 4) is 0 Å². The highest BCUT2D eigenvalue weighted by Gasteiger charge is 2.33. The molecule has 182 valence electrons. The number of piperidine rings is 1. The van der Waals surface area contributed by atoms with Crippen LogP contribution < -0.4 is 4.90 Å². The van der Waals surface area contributed by atoms with E-state index >= 15 is 0 Å². The Morgan fingerprint density at radius 1 is 0.970 bits per heavy atom. The van der Waals surface area contributed by atoms with E-state index in [9.17, 15) is 14.4 Å². The number of halogens is 1. The zero-order valence-electron chi connectivity index (χ0n) is 20.3. The number of hydrogen-bond acceptors (Lipinski definition) is 5. The van der Waals surface area contributed by atoms with Gasteiger partial charge >= 0.3 is 6.09 Å². The van der Waals surface area contributed by atoms with E-state index in [4.69, 9.17) is 16.3 Å². The molecule has 1 aromatic rings. The molecule has 8 nitrogen and oxygen atoms in total. The molecule has 1 aromatic carbocycles. The number of ether oxygens (including phenoxy) is 1. The maximum atomic E-state index is 13.0. The number of hydrogen-bond donors (Lipinski definition) is 0. The monoisotopic (exact) mass is 478 g/mol. The van der Waals surface area contributed by atoms with Gasteiger partial charge in [-0.25, -0.2) is 4.79 Å². The fraction of sp³-hybridized carbons (Fsp3) is 0.625. The molecule has 2 aliphatic rings. The Morgan fingerprint density at radius 3 is 2.09 bits per heavy atom. The SMILES string of the molecule is CN(C)C(=O)c1ccc(N2CCN(C(=O)C3CCN(C(=O)OC(C)(C)C)CC3)CC2)cc1Cl. The highest BCUT2D eigenvalue weighted by Crippen LogP contribution is 2.27. The van der Waals surface area contributed by atoms with Gasteiger partial charge in [0, 0.05) is 65.0 Å². The minimum atomic E-state index is -0.518. The number of nitrogens with zero attached hydrogens (tertiary/aromatic N) is 4. The van der Waals surface area contributed by atoms with Gasteiger partial charge in [0.05, 0.1) is 10.6 Å². The summed E-state index contributed by atoms with van der Waals surface area (Å²) < 4.78 is 5.44. The number of carbonyl (C=O) groups is 3. The molecule has 0 spiro atoms. The Kier molecular flexibility index (Phi) is 7.77. The van der Waals surface area contributed by atoms with Gasteiger partial charge in [-0.15, -0.1) is 0 Å². The van der Waals surface area contributed by atoms with E-state index in [0.29, 0.717) is 62.7 Å². The molecule has 0 bridgehead atoms. The van der Waals surface area contributed by atoms with E-state index in [1.54, 1.807) is 25.1 Å². The quantitative estimate of drug-likeness (QED) is 0.666. The number of likely N-dealkylation sites (tertiary alicyclic amines) is 1. The highest BCUT2D eigenvalue weighted by atomic mass is 35.5. The van der Waals surface area contributed by atoms with Gasteiger partial charge in [-0.05, 0) is 51.8 Å². The van der Waals surface area contributed by atoms with E-state index in [1.165, 1.54) is 4.90 Å². The molecule has 2 fully saturated rings. The van der Waals surface area contributed by atoms with Crippen LogP contribution in [0, 0.1) is 5.92 Å². The second kappa shape index (κ2) is 10.2. The summed E-state index contributed by atoms with van der Waals surface area (Å²) in [5.74, 6) is -0.0101. The van der Waals surface area contributed by atoms with Crippen molar-refractivity contribution in [2.75, 3.05) is 58.3 Å². The fourth-order valence-electron chi connectivity index (χ4n) is 4.19. The van der Waals surface area contributed by atoms with Gasteiger partial charge in [0.1, 0.15) is 5.60 Å². The van der Waals surface area contributed by atoms with Crippen LogP contribution in [-0.4, -0.2) is 91.6 Å². The van der Waals surface area contributed by atoms with Gasteiger partial charge in [-0.3, -0.25) is 9.59 Å². The molecule has 3 rings (SSSR count). The van der Waals surface area contributed by atoms with Crippen molar-refractivity contribution in [1.29, 1.82) is 0 Å². The fourth-order valence-corrected chi connectivity index (χ4v) is 4.45. The first-order chi connectivity index (χ1) is 15.5. The van der Waals surface area contributed by atoms with Gasteiger partial charge < -0.3 is 24.3 Å². The summed E-state index contributed by atoms with van der Waals surface area (Å²) >= 11 is 6.36. The standard InChI is InChI=1S/C24H35ClN4O4/c1-24(2,3)33-23(32)29-10-8-17(9-11-29)21(30)28-14-12-27(13-15-28)18-6-7-19(20(25)16-18)22(31)26(4)5/h6-7,16-17H,8-15H2,1-5H3. The van der Waals surface area contributed by atoms with Crippen LogP contribution in [0.25, 0.3) is 0 Å². The van der Waals surface area contributed by atoms with Crippen molar-refractivity contribution in [2.24, 2.45) is 5.92 Å². The summed E-state index contributed by atoms with van der Waals surface area (Å²) in [4.78, 5) is 44.8. The zero-order valence-corrected chi connectivity index (χ0v) is 21.0. The van der Waals surface area contributed by atoms with E-state index in [-0.39, 0.29) is 23.8 Å². The van der Waals surface area contributed by atoms with Gasteiger partial charge in [0.15, 0.2) is 0 Å². The van der Waals surface area contributed by atoms with Gasteiger partial charge in [0.25, 0.3) is 5.91 Å². The average Bonchev–Trinajstić information content (AvgIpc) is 2.77. The molecular formula is C24H35ClN4O4. The molecule has 0 aromatic heterocycles. The summed E-state index contributed by atoms with van der Waals surface area (Å²) in [7, 11) is 3.40. The number of piperazine rings is 1. The first kappa shape index (κ1) is 25.1. The Balaban J connectivity index is 1.50. The second-order valence-corrected chi connectivity index (χ2v) is 10.3. The lowest BCUT2D eigenvalue weighted by Crippen LogP contribution is -2.52. The number of amides is 3. The molecule has 0 aliphatic carbocycles. The predicted molar refractivity (Wildman–Crippen MR) is 129 cm³/mol. The lowest BCUT2D eigenvalue weighted by atomic mass is 9.95. The van der Waals surface area contributed by atoms with Crippen molar-refractivity contribution in [1.82, 2.24) is 14.7 Å². The van der Waals surface area contributed by atoms with Crippen molar-refractivity contribution < 1.29 is 19.1 Å². The average molecular weight is 479 g/mol. The molecule has 0 saturated carbocycles. The van der Waals surface area contributed by atoms with Crippen molar-refractivity contribution in [2.45, 2.75) is 39.2 Å². The van der Waals surface area contributed by atoms with E-state index in [2.05, 4.69) is 4.90 Å². The molecule has 2 saturated heterocycles. The Morgan fingerprint density at radius 2 is 1.58 bits per heavy atom. The first-order valence-electron chi connectivity index (χ1n) is 11.5. The van der Waals surface area contributed by atoms with Crippen LogP contribution in [0.4, 0.5) is 10.5 Å². The molecule has 0 atom stereocenters. The molecule has 0 unspecified atom stereocenters. The Bertz CT molecular complexity index is 883. The minimum absolute atomic E-state index is 0.0546. The second-order valence-electron chi connectivity index (χ2n) is 9.92. The third kappa shape index (κ3) is 6.31. The molecule has 0 N–H and O–H groups in total. The summed E-state index contributed by atoms with van der Waals surface area (Å²) in [5.41, 5.74) is 0.917. The minimum Gasteiger partial charge on any atom is -0.444 e. The molecule has 0 radical (unpaired) electrons. The number of carbonyl (C=O) groups excluding carboxylic acids is 3. The third-order valence-electron chi connectivity index (χ3n) is 6.04. The Hall–Kier alpha value is -2.48. The topological polar surface area (TPSA) is 73.4 Å². The van der Waals surface area contributed by atoms with Crippen LogP contribution in [-0.2, 0) is 9.53 Å². The van der Waals surface area contributed by atoms with Crippen molar-refractivity contribution in [3.05, 3.63) is 28.8 Å². The molecule has 33 heavy (non-hydrogen) atoms. The lowest BCUT2D eigenvalue weighted by Gasteiger charge is -2.39. The summed E-state index contributed by atoms with van der Waals surface area (Å²) in [6.07, 6.45) is 1.02. The summed E-state index contributed by atoms with van der Waals surface area (Å²) in [5, 5.41) is 0.432. The number of rotatable bonds is 3. The van der Waals surface area contributed by atoms with Gasteiger partial charge in [0.2, 0.25) is 5.91 Å². The van der Waals surface area contributed by atoms with Gasteiger partial charge in [-0.1, -0.05) is 11.6 Å². The maximum Gasteiger partial charge on any atom is 0.410 e. The third-order valence-corrected chi connectivity index (χ3v) is 6.35. The van der Waals surface area contributed by atoms with Gasteiger partial charge in [-0.2, -0.15) is 0 Å².